The van der Waals surface area contributed by atoms with Gasteiger partial charge in [-0.15, -0.1) is 0 Å². The molecule has 1 aliphatic heterocycles. The lowest BCUT2D eigenvalue weighted by Gasteiger charge is -2.17. The van der Waals surface area contributed by atoms with Crippen molar-refractivity contribution < 1.29 is 9.18 Å². The molecule has 0 saturated heterocycles. The van der Waals surface area contributed by atoms with Gasteiger partial charge >= 0.3 is 0 Å². The Morgan fingerprint density at radius 2 is 1.97 bits per heavy atom. The summed E-state index contributed by atoms with van der Waals surface area (Å²) < 4.78 is 18.1. The molecule has 0 unspecified atom stereocenters. The number of hydrogen-bond donors (Lipinski definition) is 2. The van der Waals surface area contributed by atoms with Crippen molar-refractivity contribution >= 4 is 28.2 Å². The Bertz CT molecular complexity index is 1300. The summed E-state index contributed by atoms with van der Waals surface area (Å²) in [6, 6.07) is 9.07. The fraction of sp³-hybridized carbons (Fsp3) is 0.227. The number of nitrogens with zero attached hydrogens (tertiary/aromatic N) is 4. The van der Waals surface area contributed by atoms with Crippen molar-refractivity contribution in [2.24, 2.45) is 14.1 Å². The number of nitrogens with one attached hydrogen (secondary N) is 2. The summed E-state index contributed by atoms with van der Waals surface area (Å²) in [5.41, 5.74) is 5.28. The molecule has 2 N–H and O–H groups in total. The van der Waals surface area contributed by atoms with E-state index in [-0.39, 0.29) is 24.1 Å². The summed E-state index contributed by atoms with van der Waals surface area (Å²) in [6.45, 7) is 1.91. The highest BCUT2D eigenvalue weighted by Gasteiger charge is 2.24. The Balaban J connectivity index is 1.71. The smallest absolute Gasteiger partial charge is 0.226 e. The number of halogens is 1. The maximum absolute atomic E-state index is 14.5. The van der Waals surface area contributed by atoms with Crippen LogP contribution in [0.15, 0.2) is 42.7 Å². The number of aromatic nitrogens is 4. The average Bonchev–Trinajstić information content (AvgIpc) is 3.22. The van der Waals surface area contributed by atoms with Gasteiger partial charge < -0.3 is 10.6 Å². The van der Waals surface area contributed by atoms with Gasteiger partial charge in [0.15, 0.2) is 0 Å². The van der Waals surface area contributed by atoms with Crippen LogP contribution in [-0.4, -0.2) is 31.5 Å². The Labute approximate surface area is 172 Å². The number of carbonyl (C=O) groups excluding carboxylic acids is 1. The second kappa shape index (κ2) is 6.69. The van der Waals surface area contributed by atoms with E-state index in [4.69, 9.17) is 0 Å². The highest BCUT2D eigenvalue weighted by atomic mass is 19.1. The van der Waals surface area contributed by atoms with Gasteiger partial charge in [-0.05, 0) is 36.8 Å². The lowest BCUT2D eigenvalue weighted by Crippen LogP contribution is -2.19. The van der Waals surface area contributed by atoms with Gasteiger partial charge in [-0.25, -0.2) is 4.39 Å². The topological polar surface area (TPSA) is 76.8 Å². The summed E-state index contributed by atoms with van der Waals surface area (Å²) in [7, 11) is 3.78. The summed E-state index contributed by atoms with van der Waals surface area (Å²) in [5.74, 6) is -0.659. The van der Waals surface area contributed by atoms with Gasteiger partial charge in [0.25, 0.3) is 0 Å². The summed E-state index contributed by atoms with van der Waals surface area (Å²) in [4.78, 5) is 12.1. The van der Waals surface area contributed by atoms with Crippen LogP contribution < -0.4 is 10.6 Å². The zero-order chi connectivity index (χ0) is 21.0. The van der Waals surface area contributed by atoms with Crippen molar-refractivity contribution in [3.8, 4) is 22.4 Å². The van der Waals surface area contributed by atoms with E-state index in [0.29, 0.717) is 5.69 Å². The van der Waals surface area contributed by atoms with E-state index in [9.17, 15) is 9.18 Å². The molecule has 0 radical (unpaired) electrons. The molecule has 1 aliphatic rings. The number of carbonyl (C=O) groups is 1. The highest BCUT2D eigenvalue weighted by molar-refractivity contribution is 6.02. The fourth-order valence-corrected chi connectivity index (χ4v) is 4.05. The van der Waals surface area contributed by atoms with E-state index in [1.807, 2.05) is 44.0 Å². The summed E-state index contributed by atoms with van der Waals surface area (Å²) in [6.07, 6.45) is 3.99. The second-order valence-corrected chi connectivity index (χ2v) is 7.75. The monoisotopic (exact) mass is 404 g/mol. The van der Waals surface area contributed by atoms with Gasteiger partial charge in [0, 0.05) is 49.3 Å². The number of hydrogen-bond acceptors (Lipinski definition) is 4. The van der Waals surface area contributed by atoms with Crippen molar-refractivity contribution in [1.82, 2.24) is 19.6 Å². The molecule has 4 aromatic rings. The van der Waals surface area contributed by atoms with E-state index >= 15 is 0 Å². The molecule has 0 aliphatic carbocycles. The number of aryl methyl sites for hydroxylation is 2. The molecule has 0 spiro atoms. The van der Waals surface area contributed by atoms with Crippen molar-refractivity contribution in [3.63, 3.8) is 0 Å². The van der Waals surface area contributed by atoms with Gasteiger partial charge in [-0.1, -0.05) is 6.07 Å². The van der Waals surface area contributed by atoms with Gasteiger partial charge in [0.2, 0.25) is 5.91 Å². The van der Waals surface area contributed by atoms with Crippen LogP contribution in [0, 0.1) is 5.82 Å². The molecule has 30 heavy (non-hydrogen) atoms. The molecular formula is C22H21FN6O. The molecular weight excluding hydrogens is 383 g/mol. The normalized spacial score (nSPS) is 16.1. The van der Waals surface area contributed by atoms with Crippen LogP contribution in [-0.2, 0) is 18.9 Å². The third-order valence-corrected chi connectivity index (χ3v) is 5.44. The lowest BCUT2D eigenvalue weighted by atomic mass is 9.99. The SMILES string of the molecule is C[C@@H]1CC(=O)Nc2c(F)ccc(-c3ccc4c(c3)c(-c3cnn(C)c3)nn4C)c2N1. The lowest BCUT2D eigenvalue weighted by molar-refractivity contribution is -0.116. The maximum Gasteiger partial charge on any atom is 0.226 e. The predicted octanol–water partition coefficient (Wildman–Crippen LogP) is 3.92. The fourth-order valence-electron chi connectivity index (χ4n) is 4.05. The standard InChI is InChI=1S/C22H21FN6O/c1-12-8-19(30)26-22-17(23)6-5-15(21(22)25-12)13-4-7-18-16(9-13)20(27-29(18)3)14-10-24-28(2)11-14/h4-7,9-12,25H,8H2,1-3H3,(H,26,30)/t12-/m1/s1. The molecule has 0 saturated carbocycles. The molecule has 1 atom stereocenters. The van der Waals surface area contributed by atoms with Gasteiger partial charge in [-0.2, -0.15) is 10.2 Å². The van der Waals surface area contributed by atoms with Crippen molar-refractivity contribution in [2.45, 2.75) is 19.4 Å². The number of rotatable bonds is 2. The Kier molecular flexibility index (Phi) is 4.09. The van der Waals surface area contributed by atoms with Gasteiger partial charge in [0.1, 0.15) is 17.2 Å². The highest BCUT2D eigenvalue weighted by Crippen LogP contribution is 2.40. The number of fused-ring (bicyclic) bond motifs is 2. The zero-order valence-electron chi connectivity index (χ0n) is 16.9. The van der Waals surface area contributed by atoms with Crippen molar-refractivity contribution in [2.75, 3.05) is 10.6 Å². The average molecular weight is 404 g/mol. The minimum atomic E-state index is -0.456. The minimum Gasteiger partial charge on any atom is -0.380 e. The van der Waals surface area contributed by atoms with E-state index in [1.165, 1.54) is 6.07 Å². The van der Waals surface area contributed by atoms with E-state index < -0.39 is 5.82 Å². The largest absolute Gasteiger partial charge is 0.380 e. The van der Waals surface area contributed by atoms with Crippen LogP contribution >= 0.6 is 0 Å². The third kappa shape index (κ3) is 2.92. The quantitative estimate of drug-likeness (QED) is 0.531. The summed E-state index contributed by atoms with van der Waals surface area (Å²) in [5, 5.41) is 15.9. The molecule has 0 fully saturated rings. The second-order valence-electron chi connectivity index (χ2n) is 7.75. The molecule has 1 amide bonds. The van der Waals surface area contributed by atoms with Crippen LogP contribution in [0.25, 0.3) is 33.3 Å². The number of anilines is 2. The van der Waals surface area contributed by atoms with Crippen molar-refractivity contribution in [1.29, 1.82) is 0 Å². The molecule has 0 bridgehead atoms. The molecule has 8 heteroatoms. The zero-order valence-corrected chi connectivity index (χ0v) is 16.9. The molecule has 2 aromatic carbocycles. The first-order valence-electron chi connectivity index (χ1n) is 9.76. The van der Waals surface area contributed by atoms with Gasteiger partial charge in [-0.3, -0.25) is 14.2 Å². The van der Waals surface area contributed by atoms with E-state index in [1.54, 1.807) is 16.9 Å². The Hall–Kier alpha value is -3.68. The maximum atomic E-state index is 14.5. The van der Waals surface area contributed by atoms with Gasteiger partial charge in [0.05, 0.1) is 17.4 Å². The minimum absolute atomic E-state index is 0.111. The first kappa shape index (κ1) is 18.4. The van der Waals surface area contributed by atoms with Crippen molar-refractivity contribution in [3.05, 3.63) is 48.5 Å². The molecule has 152 valence electrons. The van der Waals surface area contributed by atoms with Crippen LogP contribution in [0.1, 0.15) is 13.3 Å². The van der Waals surface area contributed by atoms with Crippen LogP contribution in [0.5, 0.6) is 0 Å². The third-order valence-electron chi connectivity index (χ3n) is 5.44. The van der Waals surface area contributed by atoms with Crippen LogP contribution in [0.2, 0.25) is 0 Å². The first-order chi connectivity index (χ1) is 14.4. The first-order valence-corrected chi connectivity index (χ1v) is 9.76. The van der Waals surface area contributed by atoms with Crippen LogP contribution in [0.4, 0.5) is 15.8 Å². The number of benzene rings is 2. The number of amides is 1. The van der Waals surface area contributed by atoms with Crippen LogP contribution in [0.3, 0.4) is 0 Å². The molecule has 2 aromatic heterocycles. The Morgan fingerprint density at radius 3 is 2.73 bits per heavy atom. The van der Waals surface area contributed by atoms with E-state index in [2.05, 4.69) is 26.9 Å². The Morgan fingerprint density at radius 1 is 1.13 bits per heavy atom. The predicted molar refractivity (Wildman–Crippen MR) is 115 cm³/mol. The molecule has 3 heterocycles. The van der Waals surface area contributed by atoms with E-state index in [0.717, 1.165) is 33.3 Å². The molecule has 7 nitrogen and oxygen atoms in total. The summed E-state index contributed by atoms with van der Waals surface area (Å²) >= 11 is 0. The molecule has 5 rings (SSSR count).